The van der Waals surface area contributed by atoms with Crippen molar-refractivity contribution in [2.24, 2.45) is 0 Å². The molecule has 3 aromatic rings. The van der Waals surface area contributed by atoms with Crippen molar-refractivity contribution in [3.8, 4) is 0 Å². The molecule has 1 aromatic heterocycles. The zero-order valence-corrected chi connectivity index (χ0v) is 26.1. The lowest BCUT2D eigenvalue weighted by molar-refractivity contribution is 0.102. The zero-order valence-electron chi connectivity index (χ0n) is 25.3. The van der Waals surface area contributed by atoms with Crippen LogP contribution >= 0.6 is 0 Å². The fraction of sp³-hybridized carbons (Fsp3) is 0.433. The number of ether oxygens (including phenoxy) is 2. The molecule has 0 radical (unpaired) electrons. The molecule has 1 fully saturated rings. The minimum atomic E-state index is -4.34. The van der Waals surface area contributed by atoms with Crippen molar-refractivity contribution < 1.29 is 36.3 Å². The number of nitrogens with one attached hydrogen (secondary N) is 2. The second-order valence-electron chi connectivity index (χ2n) is 11.2. The molecule has 1 saturated heterocycles. The largest absolute Gasteiger partial charge is 0.451 e. The normalized spacial score (nSPS) is 16.3. The molecule has 45 heavy (non-hydrogen) atoms. The van der Waals surface area contributed by atoms with Gasteiger partial charge >= 0.3 is 6.09 Å². The van der Waals surface area contributed by atoms with Gasteiger partial charge in [0.25, 0.3) is 5.91 Å². The summed E-state index contributed by atoms with van der Waals surface area (Å²) in [6, 6.07) is 7.45. The first kappa shape index (κ1) is 32.5. The third-order valence-electron chi connectivity index (χ3n) is 7.83. The van der Waals surface area contributed by atoms with Gasteiger partial charge in [-0.15, -0.1) is 5.10 Å². The van der Waals surface area contributed by atoms with Crippen LogP contribution in [0.15, 0.2) is 41.3 Å². The molecule has 2 N–H and O–H groups in total. The van der Waals surface area contributed by atoms with Crippen molar-refractivity contribution in [3.05, 3.63) is 70.4 Å². The number of rotatable bonds is 10. The summed E-state index contributed by atoms with van der Waals surface area (Å²) in [6.45, 7) is 4.67. The highest BCUT2D eigenvalue weighted by molar-refractivity contribution is 7.89. The van der Waals surface area contributed by atoms with E-state index in [0.29, 0.717) is 29.6 Å². The third-order valence-corrected chi connectivity index (χ3v) is 9.65. The fourth-order valence-electron chi connectivity index (χ4n) is 5.70. The molecule has 2 aromatic carbocycles. The molecule has 15 heteroatoms. The van der Waals surface area contributed by atoms with E-state index in [2.05, 4.69) is 20.6 Å². The molecule has 0 unspecified atom stereocenters. The van der Waals surface area contributed by atoms with Crippen molar-refractivity contribution in [2.45, 2.75) is 50.2 Å². The predicted molar refractivity (Wildman–Crippen MR) is 162 cm³/mol. The summed E-state index contributed by atoms with van der Waals surface area (Å²) in [5.74, 6) is -2.65. The molecule has 0 saturated carbocycles. The molecule has 2 aliphatic heterocycles. The van der Waals surface area contributed by atoms with E-state index in [0.717, 1.165) is 59.2 Å². The van der Waals surface area contributed by atoms with Crippen molar-refractivity contribution in [3.63, 3.8) is 0 Å². The Kier molecular flexibility index (Phi) is 9.82. The lowest BCUT2D eigenvalue weighted by atomic mass is 10.1. The van der Waals surface area contributed by atoms with Crippen LogP contribution in [0.4, 0.5) is 25.1 Å². The molecule has 1 amide bonds. The summed E-state index contributed by atoms with van der Waals surface area (Å²) in [4.78, 5) is 28.1. The average molecular weight is 647 g/mol. The van der Waals surface area contributed by atoms with Gasteiger partial charge in [-0.05, 0) is 62.7 Å². The number of sulfonamides is 1. The van der Waals surface area contributed by atoms with Gasteiger partial charge in [0.1, 0.15) is 11.6 Å². The van der Waals surface area contributed by atoms with E-state index in [4.69, 9.17) is 9.47 Å². The quantitative estimate of drug-likeness (QED) is 0.337. The Balaban J connectivity index is 1.46. The summed E-state index contributed by atoms with van der Waals surface area (Å²) in [5.41, 5.74) is 2.52. The van der Waals surface area contributed by atoms with Crippen LogP contribution in [0.5, 0.6) is 0 Å². The Morgan fingerprint density at radius 2 is 1.76 bits per heavy atom. The maximum atomic E-state index is 13.9. The number of methoxy groups -OCH3 is 2. The predicted octanol–water partition coefficient (Wildman–Crippen LogP) is 3.82. The Hall–Kier alpha value is -3.92. The van der Waals surface area contributed by atoms with E-state index in [1.54, 1.807) is 13.2 Å². The number of hydrogen-bond acceptors (Lipinski definition) is 9. The number of fused-ring (bicyclic) bond motifs is 1. The third kappa shape index (κ3) is 7.16. The SMILES string of the molecule is COC[C@H](C)Nc1cc(CN2CCCC2)ccc1C(=O)Nc1nn(C(=O)OC)c2c1CN(S(=O)(=O)c1cc(F)cc(F)c1)CC2. The molecule has 5 rings (SSSR count). The van der Waals surface area contributed by atoms with Crippen LogP contribution in [-0.2, 0) is 39.0 Å². The van der Waals surface area contributed by atoms with Gasteiger partial charge in [0.15, 0.2) is 5.82 Å². The van der Waals surface area contributed by atoms with Gasteiger partial charge in [-0.3, -0.25) is 9.69 Å². The van der Waals surface area contributed by atoms with Crippen molar-refractivity contribution in [2.75, 3.05) is 51.1 Å². The molecule has 242 valence electrons. The van der Waals surface area contributed by atoms with Gasteiger partial charge in [0, 0.05) is 56.5 Å². The first-order chi connectivity index (χ1) is 21.5. The van der Waals surface area contributed by atoms with Crippen LogP contribution in [-0.4, -0.2) is 85.9 Å². The second-order valence-corrected chi connectivity index (χ2v) is 13.1. The van der Waals surface area contributed by atoms with E-state index in [1.807, 2.05) is 19.1 Å². The minimum Gasteiger partial charge on any atom is -0.451 e. The number of carbonyl (C=O) groups is 2. The molecule has 0 aliphatic carbocycles. The van der Waals surface area contributed by atoms with Gasteiger partial charge in [-0.25, -0.2) is 22.0 Å². The molecule has 0 spiro atoms. The highest BCUT2D eigenvalue weighted by atomic mass is 32.2. The number of amides is 1. The lowest BCUT2D eigenvalue weighted by Gasteiger charge is -2.27. The molecular formula is C30H36F2N6O6S. The maximum Gasteiger partial charge on any atom is 0.434 e. The molecular weight excluding hydrogens is 610 g/mol. The van der Waals surface area contributed by atoms with Crippen molar-refractivity contribution in [1.29, 1.82) is 0 Å². The van der Waals surface area contributed by atoms with Crippen molar-refractivity contribution >= 4 is 33.5 Å². The number of benzene rings is 2. The van der Waals surface area contributed by atoms with E-state index in [1.165, 1.54) is 7.11 Å². The molecule has 12 nitrogen and oxygen atoms in total. The molecule has 1 atom stereocenters. The molecule has 0 bridgehead atoms. The van der Waals surface area contributed by atoms with Crippen LogP contribution in [0.3, 0.4) is 0 Å². The zero-order chi connectivity index (χ0) is 32.3. The first-order valence-corrected chi connectivity index (χ1v) is 16.0. The van der Waals surface area contributed by atoms with Crippen LogP contribution in [0.25, 0.3) is 0 Å². The standard InChI is InChI=1S/C30H36F2N6O6S/c1-19(18-43-2)33-26-12-20(16-36-9-4-5-10-36)6-7-24(26)29(39)34-28-25-17-37(11-8-27(25)38(35-28)30(40)44-3)45(41,42)23-14-21(31)13-22(32)15-23/h6-7,12-15,19,33H,4-5,8-11,16-18H2,1-3H3,(H,34,35,39)/t19-/m0/s1. The smallest absolute Gasteiger partial charge is 0.434 e. The summed E-state index contributed by atoms with van der Waals surface area (Å²) >= 11 is 0. The number of carbonyl (C=O) groups excluding carboxylic acids is 2. The minimum absolute atomic E-state index is 0.0247. The summed E-state index contributed by atoms with van der Waals surface area (Å²) in [5, 5.41) is 10.4. The van der Waals surface area contributed by atoms with Gasteiger partial charge in [0.05, 0.1) is 29.9 Å². The van der Waals surface area contributed by atoms with Crippen LogP contribution in [0, 0.1) is 11.6 Å². The van der Waals surface area contributed by atoms with Crippen LogP contribution < -0.4 is 10.6 Å². The highest BCUT2D eigenvalue weighted by Crippen LogP contribution is 2.31. The van der Waals surface area contributed by atoms with Gasteiger partial charge in [-0.2, -0.15) is 8.99 Å². The molecule has 2 aliphatic rings. The Morgan fingerprint density at radius 3 is 2.42 bits per heavy atom. The number of anilines is 2. The highest BCUT2D eigenvalue weighted by Gasteiger charge is 2.35. The second kappa shape index (κ2) is 13.6. The van der Waals surface area contributed by atoms with Crippen molar-refractivity contribution in [1.82, 2.24) is 19.0 Å². The summed E-state index contributed by atoms with van der Waals surface area (Å²) in [7, 11) is -1.58. The number of hydrogen-bond donors (Lipinski definition) is 2. The van der Waals surface area contributed by atoms with Gasteiger partial charge in [0.2, 0.25) is 10.0 Å². The van der Waals surface area contributed by atoms with Crippen LogP contribution in [0.2, 0.25) is 0 Å². The van der Waals surface area contributed by atoms with Gasteiger partial charge < -0.3 is 20.1 Å². The maximum absolute atomic E-state index is 13.9. The van der Waals surface area contributed by atoms with E-state index in [-0.39, 0.29) is 36.9 Å². The Morgan fingerprint density at radius 1 is 1.04 bits per heavy atom. The van der Waals surface area contributed by atoms with E-state index < -0.39 is 38.6 Å². The monoisotopic (exact) mass is 646 g/mol. The number of likely N-dealkylation sites (tertiary alicyclic amines) is 1. The van der Waals surface area contributed by atoms with E-state index >= 15 is 0 Å². The van der Waals surface area contributed by atoms with Crippen LogP contribution in [0.1, 0.15) is 46.9 Å². The summed E-state index contributed by atoms with van der Waals surface area (Å²) < 4.78 is 66.7. The molecule has 3 heterocycles. The summed E-state index contributed by atoms with van der Waals surface area (Å²) in [6.07, 6.45) is 1.50. The topological polar surface area (TPSA) is 135 Å². The average Bonchev–Trinajstić information content (AvgIpc) is 3.64. The Bertz CT molecular complexity index is 1670. The Labute approximate surface area is 260 Å². The number of aromatic nitrogens is 2. The van der Waals surface area contributed by atoms with Gasteiger partial charge in [-0.1, -0.05) is 6.07 Å². The number of halogens is 2. The fourth-order valence-corrected chi connectivity index (χ4v) is 7.15. The van der Waals surface area contributed by atoms with E-state index in [9.17, 15) is 26.8 Å². The number of nitrogens with zero attached hydrogens (tertiary/aromatic N) is 4. The lowest BCUT2D eigenvalue weighted by Crippen LogP contribution is -2.37. The first-order valence-electron chi connectivity index (χ1n) is 14.6.